The standard InChI is InChI=1S/C22H20N2O4S/c1-3-27-19-10-9-17(15-7-5-6-8-16(15)19)21-18(13-25)24-12-14(29-22(24)23-21)11-20(26)28-4-2/h5-10,12-13H,3-4,11H2,1-2H3. The number of esters is 1. The summed E-state index contributed by atoms with van der Waals surface area (Å²) in [5, 5.41) is 1.95. The summed E-state index contributed by atoms with van der Waals surface area (Å²) in [7, 11) is 0. The first kappa shape index (κ1) is 19.1. The molecule has 0 aliphatic heterocycles. The number of benzene rings is 2. The summed E-state index contributed by atoms with van der Waals surface area (Å²) in [6.45, 7) is 4.64. The Hall–Kier alpha value is -3.19. The van der Waals surface area contributed by atoms with Crippen LogP contribution < -0.4 is 4.74 Å². The van der Waals surface area contributed by atoms with Gasteiger partial charge in [0.2, 0.25) is 0 Å². The molecule has 29 heavy (non-hydrogen) atoms. The Kier molecular flexibility index (Phi) is 5.31. The number of aldehydes is 1. The Labute approximate surface area is 171 Å². The summed E-state index contributed by atoms with van der Waals surface area (Å²) < 4.78 is 12.5. The lowest BCUT2D eigenvalue weighted by Crippen LogP contribution is -2.06. The molecule has 0 saturated carbocycles. The van der Waals surface area contributed by atoms with Crippen LogP contribution in [0.3, 0.4) is 0 Å². The number of imidazole rings is 1. The molecule has 4 aromatic rings. The molecule has 0 unspecified atom stereocenters. The zero-order valence-corrected chi connectivity index (χ0v) is 17.0. The zero-order valence-electron chi connectivity index (χ0n) is 16.2. The monoisotopic (exact) mass is 408 g/mol. The maximum absolute atomic E-state index is 11.9. The second-order valence-corrected chi connectivity index (χ2v) is 7.48. The number of nitrogens with zero attached hydrogens (tertiary/aromatic N) is 2. The van der Waals surface area contributed by atoms with E-state index in [4.69, 9.17) is 14.5 Å². The van der Waals surface area contributed by atoms with Crippen molar-refractivity contribution in [2.24, 2.45) is 0 Å². The van der Waals surface area contributed by atoms with Crippen LogP contribution in [-0.4, -0.2) is 34.9 Å². The minimum atomic E-state index is -0.289. The maximum Gasteiger partial charge on any atom is 0.311 e. The number of aromatic nitrogens is 2. The molecule has 2 aromatic heterocycles. The van der Waals surface area contributed by atoms with Gasteiger partial charge in [-0.1, -0.05) is 24.3 Å². The van der Waals surface area contributed by atoms with Gasteiger partial charge in [0.15, 0.2) is 11.2 Å². The average Bonchev–Trinajstić information content (AvgIpc) is 3.25. The third kappa shape index (κ3) is 3.49. The first-order valence-electron chi connectivity index (χ1n) is 9.42. The van der Waals surface area contributed by atoms with Crippen LogP contribution in [0.15, 0.2) is 42.6 Å². The first-order chi connectivity index (χ1) is 14.2. The Bertz CT molecular complexity index is 1210. The van der Waals surface area contributed by atoms with Gasteiger partial charge in [-0.05, 0) is 31.4 Å². The topological polar surface area (TPSA) is 69.9 Å². The van der Waals surface area contributed by atoms with Crippen molar-refractivity contribution in [3.63, 3.8) is 0 Å². The molecule has 0 aliphatic carbocycles. The highest BCUT2D eigenvalue weighted by Crippen LogP contribution is 2.36. The lowest BCUT2D eigenvalue weighted by atomic mass is 10.0. The van der Waals surface area contributed by atoms with E-state index in [0.29, 0.717) is 29.6 Å². The summed E-state index contributed by atoms with van der Waals surface area (Å²) in [5.74, 6) is 0.514. The van der Waals surface area contributed by atoms with Crippen LogP contribution in [0.2, 0.25) is 0 Å². The molecule has 148 valence electrons. The second-order valence-electron chi connectivity index (χ2n) is 6.39. The van der Waals surface area contributed by atoms with E-state index in [1.807, 2.05) is 43.3 Å². The van der Waals surface area contributed by atoms with E-state index in [9.17, 15) is 9.59 Å². The molecule has 7 heteroatoms. The van der Waals surface area contributed by atoms with E-state index in [0.717, 1.165) is 33.2 Å². The molecule has 0 fully saturated rings. The SMILES string of the molecule is CCOC(=O)Cc1cn2c(C=O)c(-c3ccc(OCC)c4ccccc34)nc2s1. The van der Waals surface area contributed by atoms with Crippen LogP contribution >= 0.6 is 11.3 Å². The van der Waals surface area contributed by atoms with Gasteiger partial charge >= 0.3 is 5.97 Å². The van der Waals surface area contributed by atoms with Crippen LogP contribution in [-0.2, 0) is 16.0 Å². The number of ether oxygens (including phenoxy) is 2. The first-order valence-corrected chi connectivity index (χ1v) is 10.2. The molecule has 0 saturated heterocycles. The molecule has 0 radical (unpaired) electrons. The van der Waals surface area contributed by atoms with Gasteiger partial charge in [-0.3, -0.25) is 14.0 Å². The second kappa shape index (κ2) is 8.05. The van der Waals surface area contributed by atoms with Crippen molar-refractivity contribution in [3.05, 3.63) is 53.2 Å². The fourth-order valence-electron chi connectivity index (χ4n) is 3.41. The van der Waals surface area contributed by atoms with Gasteiger partial charge in [0.1, 0.15) is 17.1 Å². The Morgan fingerprint density at radius 1 is 1.14 bits per heavy atom. The summed E-state index contributed by atoms with van der Waals surface area (Å²) in [6, 6.07) is 11.8. The Morgan fingerprint density at radius 2 is 1.93 bits per heavy atom. The normalized spacial score (nSPS) is 11.1. The molecule has 0 atom stereocenters. The number of carbonyl (C=O) groups excluding carboxylic acids is 2. The molecule has 2 heterocycles. The van der Waals surface area contributed by atoms with E-state index in [2.05, 4.69) is 0 Å². The minimum absolute atomic E-state index is 0.168. The van der Waals surface area contributed by atoms with Crippen LogP contribution in [0.4, 0.5) is 0 Å². The highest BCUT2D eigenvalue weighted by molar-refractivity contribution is 7.17. The molecule has 2 aromatic carbocycles. The van der Waals surface area contributed by atoms with Crippen molar-refractivity contribution in [3.8, 4) is 17.0 Å². The number of fused-ring (bicyclic) bond motifs is 2. The van der Waals surface area contributed by atoms with E-state index in [1.165, 1.54) is 11.3 Å². The van der Waals surface area contributed by atoms with Gasteiger partial charge in [0.05, 0.1) is 19.6 Å². The predicted molar refractivity (Wildman–Crippen MR) is 113 cm³/mol. The Balaban J connectivity index is 1.82. The molecule has 0 N–H and O–H groups in total. The summed E-state index contributed by atoms with van der Waals surface area (Å²) >= 11 is 1.38. The van der Waals surface area contributed by atoms with Crippen molar-refractivity contribution in [2.75, 3.05) is 13.2 Å². The summed E-state index contributed by atoms with van der Waals surface area (Å²) in [4.78, 5) is 29.9. The van der Waals surface area contributed by atoms with Crippen LogP contribution in [0.25, 0.3) is 27.0 Å². The number of hydrogen-bond acceptors (Lipinski definition) is 6. The highest BCUT2D eigenvalue weighted by atomic mass is 32.1. The van der Waals surface area contributed by atoms with Gasteiger partial charge in [0.25, 0.3) is 0 Å². The van der Waals surface area contributed by atoms with Gasteiger partial charge in [-0.25, -0.2) is 4.98 Å². The number of thiazole rings is 1. The van der Waals surface area contributed by atoms with Gasteiger partial charge in [-0.15, -0.1) is 11.3 Å². The largest absolute Gasteiger partial charge is 0.493 e. The smallest absolute Gasteiger partial charge is 0.311 e. The number of carbonyl (C=O) groups is 2. The molecule has 6 nitrogen and oxygen atoms in total. The van der Waals surface area contributed by atoms with Crippen molar-refractivity contribution < 1.29 is 19.1 Å². The Morgan fingerprint density at radius 3 is 2.66 bits per heavy atom. The van der Waals surface area contributed by atoms with Gasteiger partial charge in [0, 0.05) is 22.0 Å². The van der Waals surface area contributed by atoms with Crippen LogP contribution in [0, 0.1) is 0 Å². The summed E-state index contributed by atoms with van der Waals surface area (Å²) in [5.41, 5.74) is 1.95. The fraction of sp³-hybridized carbons (Fsp3) is 0.227. The number of hydrogen-bond donors (Lipinski definition) is 0. The average molecular weight is 408 g/mol. The quantitative estimate of drug-likeness (QED) is 0.332. The predicted octanol–water partition coefficient (Wildman–Crippen LogP) is 4.53. The molecule has 0 amide bonds. The lowest BCUT2D eigenvalue weighted by molar-refractivity contribution is -0.142. The molecular weight excluding hydrogens is 388 g/mol. The van der Waals surface area contributed by atoms with Crippen LogP contribution in [0.5, 0.6) is 5.75 Å². The zero-order chi connectivity index (χ0) is 20.4. The van der Waals surface area contributed by atoms with Gasteiger partial charge in [-0.2, -0.15) is 0 Å². The number of rotatable bonds is 7. The fourth-order valence-corrected chi connectivity index (χ4v) is 4.38. The molecular formula is C22H20N2O4S. The third-order valence-corrected chi connectivity index (χ3v) is 5.57. The van der Waals surface area contributed by atoms with Crippen molar-refractivity contribution >= 4 is 39.3 Å². The summed E-state index contributed by atoms with van der Waals surface area (Å²) in [6.07, 6.45) is 2.76. The lowest BCUT2D eigenvalue weighted by Gasteiger charge is -2.11. The molecule has 0 bridgehead atoms. The van der Waals surface area contributed by atoms with Crippen molar-refractivity contribution in [1.29, 1.82) is 0 Å². The van der Waals surface area contributed by atoms with Crippen molar-refractivity contribution in [1.82, 2.24) is 9.38 Å². The van der Waals surface area contributed by atoms with E-state index in [1.54, 1.807) is 17.5 Å². The minimum Gasteiger partial charge on any atom is -0.493 e. The maximum atomic E-state index is 11.9. The molecule has 0 aliphatic rings. The van der Waals surface area contributed by atoms with E-state index in [-0.39, 0.29) is 12.4 Å². The van der Waals surface area contributed by atoms with E-state index < -0.39 is 0 Å². The molecule has 0 spiro atoms. The van der Waals surface area contributed by atoms with E-state index >= 15 is 0 Å². The third-order valence-electron chi connectivity index (χ3n) is 4.59. The molecule has 4 rings (SSSR count). The van der Waals surface area contributed by atoms with Crippen molar-refractivity contribution in [2.45, 2.75) is 20.3 Å². The van der Waals surface area contributed by atoms with Crippen LogP contribution in [0.1, 0.15) is 29.2 Å². The van der Waals surface area contributed by atoms with Gasteiger partial charge < -0.3 is 9.47 Å². The highest BCUT2D eigenvalue weighted by Gasteiger charge is 2.19.